The lowest BCUT2D eigenvalue weighted by Gasteiger charge is -2.23. The first-order valence-corrected chi connectivity index (χ1v) is 8.57. The maximum Gasteiger partial charge on any atom is 0.418 e. The summed E-state index contributed by atoms with van der Waals surface area (Å²) in [5, 5.41) is 7.69. The first kappa shape index (κ1) is 18.7. The van der Waals surface area contributed by atoms with Gasteiger partial charge in [-0.25, -0.2) is 14.5 Å². The van der Waals surface area contributed by atoms with Crippen LogP contribution in [0.5, 0.6) is 0 Å². The van der Waals surface area contributed by atoms with Crippen molar-refractivity contribution in [3.8, 4) is 0 Å². The zero-order valence-corrected chi connectivity index (χ0v) is 16.0. The summed E-state index contributed by atoms with van der Waals surface area (Å²) in [5.74, 6) is -0.323. The van der Waals surface area contributed by atoms with E-state index in [9.17, 15) is 14.4 Å². The lowest BCUT2D eigenvalue weighted by molar-refractivity contribution is -0.119. The predicted molar refractivity (Wildman–Crippen MR) is 99.4 cm³/mol. The molecule has 0 saturated carbocycles. The fraction of sp³-hybridized carbons (Fsp3) is 0.444. The molecule has 4 amide bonds. The van der Waals surface area contributed by atoms with Gasteiger partial charge in [-0.15, -0.1) is 0 Å². The maximum atomic E-state index is 12.8. The van der Waals surface area contributed by atoms with E-state index in [4.69, 9.17) is 4.74 Å². The van der Waals surface area contributed by atoms with Crippen molar-refractivity contribution >= 4 is 34.6 Å². The molecule has 2 heterocycles. The molecule has 0 spiro atoms. The number of hydrogen-bond donors (Lipinski definition) is 1. The van der Waals surface area contributed by atoms with E-state index in [-0.39, 0.29) is 12.5 Å². The zero-order valence-electron chi connectivity index (χ0n) is 16.0. The highest BCUT2D eigenvalue weighted by atomic mass is 16.6. The van der Waals surface area contributed by atoms with E-state index in [0.29, 0.717) is 5.69 Å². The largest absolute Gasteiger partial charge is 0.443 e. The summed E-state index contributed by atoms with van der Waals surface area (Å²) in [6.07, 6.45) is 0.978. The number of aromatic nitrogens is 2. The first-order chi connectivity index (χ1) is 12.6. The second-order valence-corrected chi connectivity index (χ2v) is 7.50. The number of amides is 4. The number of carbonyl (C=O) groups excluding carboxylic acids is 3. The standard InChI is InChI=1S/C18H23N5O4/c1-18(2,3)27-17(26)23-10-13(20-16(23)25)15(24)21(4)12-7-6-11-9-19-22(5)14(11)8-12/h6-9,13H,10H2,1-5H3,(H,20,25)/t13-/m0/s1. The van der Waals surface area contributed by atoms with E-state index in [1.54, 1.807) is 38.7 Å². The third-order valence-corrected chi connectivity index (χ3v) is 4.27. The Bertz CT molecular complexity index is 914. The van der Waals surface area contributed by atoms with Gasteiger partial charge in [0, 0.05) is 25.2 Å². The lowest BCUT2D eigenvalue weighted by atomic mass is 10.2. The first-order valence-electron chi connectivity index (χ1n) is 8.57. The van der Waals surface area contributed by atoms with E-state index >= 15 is 0 Å². The van der Waals surface area contributed by atoms with Crippen LogP contribution in [0, 0.1) is 0 Å². The van der Waals surface area contributed by atoms with E-state index in [2.05, 4.69) is 10.4 Å². The molecule has 1 fully saturated rings. The van der Waals surface area contributed by atoms with Gasteiger partial charge in [0.05, 0.1) is 18.3 Å². The van der Waals surface area contributed by atoms with Crippen LogP contribution in [0.1, 0.15) is 20.8 Å². The molecule has 1 saturated heterocycles. The van der Waals surface area contributed by atoms with Gasteiger partial charge < -0.3 is 15.0 Å². The number of nitrogens with zero attached hydrogens (tertiary/aromatic N) is 4. The number of urea groups is 1. The van der Waals surface area contributed by atoms with Crippen LogP contribution in [0.25, 0.3) is 10.9 Å². The summed E-state index contributed by atoms with van der Waals surface area (Å²) in [4.78, 5) is 39.4. The highest BCUT2D eigenvalue weighted by molar-refractivity contribution is 6.04. The number of ether oxygens (including phenoxy) is 1. The number of likely N-dealkylation sites (N-methyl/N-ethyl adjacent to an activating group) is 1. The van der Waals surface area contributed by atoms with E-state index < -0.39 is 23.8 Å². The van der Waals surface area contributed by atoms with Crippen molar-refractivity contribution in [1.29, 1.82) is 0 Å². The topological polar surface area (TPSA) is 96.8 Å². The molecule has 1 aromatic carbocycles. The van der Waals surface area contributed by atoms with Crippen LogP contribution < -0.4 is 10.2 Å². The molecule has 9 nitrogen and oxygen atoms in total. The molecule has 1 aromatic heterocycles. The normalized spacial score (nSPS) is 17.1. The Morgan fingerprint density at radius 1 is 1.33 bits per heavy atom. The summed E-state index contributed by atoms with van der Waals surface area (Å²) in [6, 6.07) is 4.06. The van der Waals surface area contributed by atoms with Crippen LogP contribution in [0.2, 0.25) is 0 Å². The molecule has 1 atom stereocenters. The molecule has 1 N–H and O–H groups in total. The quantitative estimate of drug-likeness (QED) is 0.867. The monoisotopic (exact) mass is 373 g/mol. The molecule has 3 rings (SSSR count). The van der Waals surface area contributed by atoms with Gasteiger partial charge in [0.15, 0.2) is 0 Å². The van der Waals surface area contributed by atoms with Crippen LogP contribution in [0.15, 0.2) is 24.4 Å². The Hall–Kier alpha value is -3.10. The highest BCUT2D eigenvalue weighted by Gasteiger charge is 2.40. The number of hydrogen-bond acceptors (Lipinski definition) is 5. The Balaban J connectivity index is 1.74. The minimum atomic E-state index is -0.836. The molecule has 0 bridgehead atoms. The molecule has 27 heavy (non-hydrogen) atoms. The molecular formula is C18H23N5O4. The van der Waals surface area contributed by atoms with Gasteiger partial charge >= 0.3 is 12.1 Å². The summed E-state index contributed by atoms with van der Waals surface area (Å²) < 4.78 is 6.93. The SMILES string of the molecule is CN(C(=O)[C@@H]1CN(C(=O)OC(C)(C)C)C(=O)N1)c1ccc2cnn(C)c2c1. The highest BCUT2D eigenvalue weighted by Crippen LogP contribution is 2.22. The number of anilines is 1. The van der Waals surface area contributed by atoms with Crippen LogP contribution >= 0.6 is 0 Å². The van der Waals surface area contributed by atoms with Gasteiger partial charge in [0.2, 0.25) is 0 Å². The molecule has 0 unspecified atom stereocenters. The summed E-state index contributed by atoms with van der Waals surface area (Å²) in [6.45, 7) is 5.06. The molecule has 1 aliphatic heterocycles. The molecule has 0 radical (unpaired) electrons. The number of rotatable bonds is 2. The lowest BCUT2D eigenvalue weighted by Crippen LogP contribution is -2.44. The van der Waals surface area contributed by atoms with Gasteiger partial charge in [-0.05, 0) is 39.0 Å². The van der Waals surface area contributed by atoms with Gasteiger partial charge in [-0.2, -0.15) is 5.10 Å². The molecule has 0 aliphatic carbocycles. The molecule has 144 valence electrons. The van der Waals surface area contributed by atoms with Gasteiger partial charge in [0.1, 0.15) is 11.6 Å². The van der Waals surface area contributed by atoms with Crippen LogP contribution in [0.4, 0.5) is 15.3 Å². The predicted octanol–water partition coefficient (Wildman–Crippen LogP) is 1.86. The van der Waals surface area contributed by atoms with Crippen molar-refractivity contribution in [2.24, 2.45) is 7.05 Å². The molecular weight excluding hydrogens is 350 g/mol. The van der Waals surface area contributed by atoms with Crippen LogP contribution in [-0.4, -0.2) is 57.9 Å². The third kappa shape index (κ3) is 3.71. The smallest absolute Gasteiger partial charge is 0.418 e. The van der Waals surface area contributed by atoms with Gasteiger partial charge in [-0.3, -0.25) is 9.48 Å². The van der Waals surface area contributed by atoms with Crippen molar-refractivity contribution in [3.05, 3.63) is 24.4 Å². The Morgan fingerprint density at radius 2 is 2.04 bits per heavy atom. The number of aryl methyl sites for hydroxylation is 1. The minimum absolute atomic E-state index is 0.0785. The van der Waals surface area contributed by atoms with Crippen molar-refractivity contribution in [2.45, 2.75) is 32.4 Å². The fourth-order valence-corrected chi connectivity index (χ4v) is 2.85. The van der Waals surface area contributed by atoms with Crippen LogP contribution in [0.3, 0.4) is 0 Å². The van der Waals surface area contributed by atoms with Crippen molar-refractivity contribution in [2.75, 3.05) is 18.5 Å². The second kappa shape index (κ2) is 6.57. The van der Waals surface area contributed by atoms with Crippen LogP contribution in [-0.2, 0) is 16.6 Å². The summed E-state index contributed by atoms with van der Waals surface area (Å²) in [5.41, 5.74) is 0.827. The molecule has 2 aromatic rings. The Kier molecular flexibility index (Phi) is 4.54. The average Bonchev–Trinajstić information content (AvgIpc) is 3.15. The van der Waals surface area contributed by atoms with Gasteiger partial charge in [-0.1, -0.05) is 0 Å². The number of carbonyl (C=O) groups is 3. The van der Waals surface area contributed by atoms with E-state index in [1.165, 1.54) is 4.90 Å². The van der Waals surface area contributed by atoms with Crippen molar-refractivity contribution < 1.29 is 19.1 Å². The van der Waals surface area contributed by atoms with Gasteiger partial charge in [0.25, 0.3) is 5.91 Å². The number of imide groups is 1. The minimum Gasteiger partial charge on any atom is -0.443 e. The second-order valence-electron chi connectivity index (χ2n) is 7.50. The van der Waals surface area contributed by atoms with E-state index in [1.807, 2.05) is 25.2 Å². The average molecular weight is 373 g/mol. The zero-order chi connectivity index (χ0) is 19.9. The Morgan fingerprint density at radius 3 is 2.70 bits per heavy atom. The summed E-state index contributed by atoms with van der Waals surface area (Å²) >= 11 is 0. The Labute approximate surface area is 156 Å². The third-order valence-electron chi connectivity index (χ3n) is 4.27. The number of benzene rings is 1. The van der Waals surface area contributed by atoms with E-state index in [0.717, 1.165) is 15.8 Å². The molecule has 1 aliphatic rings. The number of fused-ring (bicyclic) bond motifs is 1. The number of nitrogens with one attached hydrogen (secondary N) is 1. The fourth-order valence-electron chi connectivity index (χ4n) is 2.85. The van der Waals surface area contributed by atoms with Crippen molar-refractivity contribution in [1.82, 2.24) is 20.0 Å². The summed E-state index contributed by atoms with van der Waals surface area (Å²) in [7, 11) is 3.45. The molecule has 9 heteroatoms. The van der Waals surface area contributed by atoms with Crippen molar-refractivity contribution in [3.63, 3.8) is 0 Å². The maximum absolute atomic E-state index is 12.8.